The molecular formula is C18H14Cl2N2O3. The number of benzene rings is 2. The Morgan fingerprint density at radius 3 is 2.44 bits per heavy atom. The van der Waals surface area contributed by atoms with Crippen LogP contribution in [0.3, 0.4) is 0 Å². The summed E-state index contributed by atoms with van der Waals surface area (Å²) in [5.74, 6) is -1.49. The van der Waals surface area contributed by atoms with E-state index in [0.717, 1.165) is 0 Å². The van der Waals surface area contributed by atoms with Gasteiger partial charge in [0.15, 0.2) is 0 Å². The van der Waals surface area contributed by atoms with Gasteiger partial charge in [0.25, 0.3) is 5.91 Å². The monoisotopic (exact) mass is 376 g/mol. The maximum atomic E-state index is 12.9. The van der Waals surface area contributed by atoms with Crippen LogP contribution in [0, 0.1) is 0 Å². The Bertz CT molecular complexity index is 967. The number of halogens is 2. The van der Waals surface area contributed by atoms with Gasteiger partial charge in [-0.3, -0.25) is 4.79 Å². The van der Waals surface area contributed by atoms with Crippen LogP contribution in [0.5, 0.6) is 0 Å². The maximum Gasteiger partial charge on any atom is 0.354 e. The summed E-state index contributed by atoms with van der Waals surface area (Å²) in [7, 11) is 0. The number of anilines is 1. The quantitative estimate of drug-likeness (QED) is 0.683. The zero-order chi connectivity index (χ0) is 18.1. The highest BCUT2D eigenvalue weighted by atomic mass is 35.5. The lowest BCUT2D eigenvalue weighted by molar-refractivity contribution is 0.0692. The number of carboxylic acid groups (broad SMARTS) is 1. The Hall–Kier alpha value is -2.50. The summed E-state index contributed by atoms with van der Waals surface area (Å²) in [6.45, 7) is 2.05. The minimum atomic E-state index is -1.18. The SMILES string of the molecule is CCN(C(=O)c1ccccc1)c1c(C(=O)O)[nH]c2cc(Cl)cc(Cl)c12. The highest BCUT2D eigenvalue weighted by Crippen LogP contribution is 2.38. The van der Waals surface area contributed by atoms with Crippen LogP contribution in [0.4, 0.5) is 5.69 Å². The van der Waals surface area contributed by atoms with Crippen molar-refractivity contribution in [2.45, 2.75) is 6.92 Å². The Kier molecular flexibility index (Phi) is 4.70. The number of carboxylic acids is 1. The summed E-state index contributed by atoms with van der Waals surface area (Å²) in [5, 5.41) is 10.7. The van der Waals surface area contributed by atoms with E-state index in [1.165, 1.54) is 11.0 Å². The number of nitrogens with one attached hydrogen (secondary N) is 1. The smallest absolute Gasteiger partial charge is 0.354 e. The van der Waals surface area contributed by atoms with Crippen molar-refractivity contribution in [2.24, 2.45) is 0 Å². The number of rotatable bonds is 4. The highest BCUT2D eigenvalue weighted by Gasteiger charge is 2.27. The third kappa shape index (κ3) is 3.08. The van der Waals surface area contributed by atoms with E-state index in [1.54, 1.807) is 43.3 Å². The fraction of sp³-hybridized carbons (Fsp3) is 0.111. The number of aromatic nitrogens is 1. The van der Waals surface area contributed by atoms with Crippen molar-refractivity contribution in [2.75, 3.05) is 11.4 Å². The van der Waals surface area contributed by atoms with E-state index >= 15 is 0 Å². The number of carbonyl (C=O) groups is 2. The molecule has 25 heavy (non-hydrogen) atoms. The van der Waals surface area contributed by atoms with E-state index in [1.807, 2.05) is 0 Å². The summed E-state index contributed by atoms with van der Waals surface area (Å²) >= 11 is 12.3. The minimum absolute atomic E-state index is 0.106. The number of hydrogen-bond donors (Lipinski definition) is 2. The lowest BCUT2D eigenvalue weighted by atomic mass is 10.1. The first-order valence-electron chi connectivity index (χ1n) is 7.55. The second-order valence-electron chi connectivity index (χ2n) is 5.38. The van der Waals surface area contributed by atoms with Crippen LogP contribution in [-0.2, 0) is 0 Å². The van der Waals surface area contributed by atoms with Crippen molar-refractivity contribution in [3.8, 4) is 0 Å². The molecule has 0 fully saturated rings. The molecule has 0 atom stereocenters. The first-order valence-corrected chi connectivity index (χ1v) is 8.30. The Morgan fingerprint density at radius 1 is 1.16 bits per heavy atom. The average Bonchev–Trinajstić information content (AvgIpc) is 2.96. The van der Waals surface area contributed by atoms with Gasteiger partial charge in [-0.05, 0) is 31.2 Å². The Labute approximate surface area is 153 Å². The van der Waals surface area contributed by atoms with Gasteiger partial charge in [0.1, 0.15) is 5.69 Å². The normalized spacial score (nSPS) is 10.8. The third-order valence-electron chi connectivity index (χ3n) is 3.85. The predicted molar refractivity (Wildman–Crippen MR) is 99.1 cm³/mol. The number of aromatic carboxylic acids is 1. The molecular weight excluding hydrogens is 363 g/mol. The molecule has 0 aliphatic rings. The van der Waals surface area contributed by atoms with Gasteiger partial charge in [-0.25, -0.2) is 4.79 Å². The van der Waals surface area contributed by atoms with Crippen molar-refractivity contribution >= 4 is 51.7 Å². The lowest BCUT2D eigenvalue weighted by Gasteiger charge is -2.21. The van der Waals surface area contributed by atoms with E-state index in [4.69, 9.17) is 23.2 Å². The fourth-order valence-corrected chi connectivity index (χ4v) is 3.38. The molecule has 7 heteroatoms. The van der Waals surface area contributed by atoms with E-state index < -0.39 is 5.97 Å². The number of H-pyrrole nitrogens is 1. The van der Waals surface area contributed by atoms with Gasteiger partial charge < -0.3 is 15.0 Å². The summed E-state index contributed by atoms with van der Waals surface area (Å²) in [4.78, 5) is 28.8. The fourth-order valence-electron chi connectivity index (χ4n) is 2.80. The molecule has 0 spiro atoms. The van der Waals surface area contributed by atoms with E-state index in [9.17, 15) is 14.7 Å². The van der Waals surface area contributed by atoms with Gasteiger partial charge in [0, 0.05) is 22.5 Å². The van der Waals surface area contributed by atoms with Gasteiger partial charge in [-0.2, -0.15) is 0 Å². The van der Waals surface area contributed by atoms with Crippen molar-refractivity contribution < 1.29 is 14.7 Å². The Balaban J connectivity index is 2.26. The number of aromatic amines is 1. The summed E-state index contributed by atoms with van der Waals surface area (Å²) < 4.78 is 0. The molecule has 128 valence electrons. The van der Waals surface area contributed by atoms with Crippen molar-refractivity contribution in [3.63, 3.8) is 0 Å². The molecule has 0 aliphatic carbocycles. The molecule has 0 unspecified atom stereocenters. The van der Waals surface area contributed by atoms with Gasteiger partial charge >= 0.3 is 5.97 Å². The van der Waals surface area contributed by atoms with Crippen LogP contribution >= 0.6 is 23.2 Å². The average molecular weight is 377 g/mol. The van der Waals surface area contributed by atoms with Gasteiger partial charge in [-0.1, -0.05) is 41.4 Å². The standard InChI is InChI=1S/C18H14Cl2N2O3/c1-2-22(17(23)10-6-4-3-5-7-10)16-14-12(20)8-11(19)9-13(14)21-15(16)18(24)25/h3-9,21H,2H2,1H3,(H,24,25). The Morgan fingerprint density at radius 2 is 1.84 bits per heavy atom. The van der Waals surface area contributed by atoms with Crippen LogP contribution in [0.15, 0.2) is 42.5 Å². The molecule has 2 aromatic carbocycles. The zero-order valence-corrected chi connectivity index (χ0v) is 14.7. The molecule has 0 bridgehead atoms. The van der Waals surface area contributed by atoms with Crippen LogP contribution in [0.1, 0.15) is 27.8 Å². The zero-order valence-electron chi connectivity index (χ0n) is 13.2. The molecule has 0 aliphatic heterocycles. The van der Waals surface area contributed by atoms with Crippen LogP contribution in [-0.4, -0.2) is 28.5 Å². The van der Waals surface area contributed by atoms with E-state index in [2.05, 4.69) is 4.98 Å². The summed E-state index contributed by atoms with van der Waals surface area (Å²) in [6, 6.07) is 11.8. The largest absolute Gasteiger partial charge is 0.477 e. The number of nitrogens with zero attached hydrogens (tertiary/aromatic N) is 1. The third-order valence-corrected chi connectivity index (χ3v) is 4.37. The molecule has 5 nitrogen and oxygen atoms in total. The van der Waals surface area contributed by atoms with Gasteiger partial charge in [0.05, 0.1) is 16.2 Å². The first-order chi connectivity index (χ1) is 11.9. The van der Waals surface area contributed by atoms with Crippen molar-refractivity contribution in [3.05, 3.63) is 63.8 Å². The van der Waals surface area contributed by atoms with Crippen LogP contribution in [0.25, 0.3) is 10.9 Å². The topological polar surface area (TPSA) is 73.4 Å². The molecule has 0 radical (unpaired) electrons. The molecule has 1 amide bonds. The number of fused-ring (bicyclic) bond motifs is 1. The van der Waals surface area contributed by atoms with Gasteiger partial charge in [-0.15, -0.1) is 0 Å². The molecule has 1 aromatic heterocycles. The van der Waals surface area contributed by atoms with Crippen LogP contribution < -0.4 is 4.90 Å². The van der Waals surface area contributed by atoms with Crippen molar-refractivity contribution in [1.29, 1.82) is 0 Å². The van der Waals surface area contributed by atoms with Crippen LogP contribution in [0.2, 0.25) is 10.0 Å². The molecule has 3 rings (SSSR count). The van der Waals surface area contributed by atoms with Gasteiger partial charge in [0.2, 0.25) is 0 Å². The second-order valence-corrected chi connectivity index (χ2v) is 6.22. The minimum Gasteiger partial charge on any atom is -0.477 e. The number of amides is 1. The predicted octanol–water partition coefficient (Wildman–Crippen LogP) is 4.84. The number of carbonyl (C=O) groups excluding carboxylic acids is 1. The lowest BCUT2D eigenvalue weighted by Crippen LogP contribution is -2.31. The molecule has 2 N–H and O–H groups in total. The summed E-state index contributed by atoms with van der Waals surface area (Å²) in [5.41, 5.74) is 1.05. The molecule has 0 saturated heterocycles. The maximum absolute atomic E-state index is 12.9. The van der Waals surface area contributed by atoms with E-state index in [0.29, 0.717) is 21.5 Å². The molecule has 1 heterocycles. The second kappa shape index (κ2) is 6.78. The van der Waals surface area contributed by atoms with Crippen molar-refractivity contribution in [1.82, 2.24) is 4.98 Å². The summed E-state index contributed by atoms with van der Waals surface area (Å²) in [6.07, 6.45) is 0. The van der Waals surface area contributed by atoms with E-state index in [-0.39, 0.29) is 28.9 Å². The first kappa shape index (κ1) is 17.3. The highest BCUT2D eigenvalue weighted by molar-refractivity contribution is 6.40. The molecule has 0 saturated carbocycles. The molecule has 3 aromatic rings. The number of hydrogen-bond acceptors (Lipinski definition) is 2.